The maximum absolute atomic E-state index is 12.2. The molecule has 0 N–H and O–H groups in total. The first kappa shape index (κ1) is 12.1. The van der Waals surface area contributed by atoms with Crippen LogP contribution in [0.25, 0.3) is 0 Å². The lowest BCUT2D eigenvalue weighted by Crippen LogP contribution is -2.30. The van der Waals surface area contributed by atoms with E-state index >= 15 is 0 Å². The van der Waals surface area contributed by atoms with Crippen LogP contribution >= 0.6 is 11.3 Å². The maximum atomic E-state index is 12.2. The molecular weight excluding hydrogens is 260 g/mol. The van der Waals surface area contributed by atoms with Gasteiger partial charge in [0.05, 0.1) is 0 Å². The predicted octanol–water partition coefficient (Wildman–Crippen LogP) is 2.95. The molecule has 1 aliphatic rings. The standard InChI is InChI=1S/C15H12O3S/c16-12-8-7-10-4-1-2-5-11(10)14(12)15(17)18-13-6-3-9-19-13/h1-6,9,14H,7-8H2. The molecule has 1 aromatic carbocycles. The fourth-order valence-corrected chi connectivity index (χ4v) is 2.94. The highest BCUT2D eigenvalue weighted by atomic mass is 32.1. The van der Waals surface area contributed by atoms with Crippen LogP contribution in [0.1, 0.15) is 23.5 Å². The van der Waals surface area contributed by atoms with E-state index in [9.17, 15) is 9.59 Å². The Morgan fingerprint density at radius 1 is 1.16 bits per heavy atom. The first-order valence-corrected chi connectivity index (χ1v) is 6.99. The van der Waals surface area contributed by atoms with E-state index in [4.69, 9.17) is 4.74 Å². The molecule has 1 heterocycles. The number of rotatable bonds is 2. The summed E-state index contributed by atoms with van der Waals surface area (Å²) in [5, 5.41) is 2.36. The number of Topliss-reactive ketones (excluding diaryl/α,β-unsaturated/α-hetero) is 1. The molecule has 2 aromatic rings. The van der Waals surface area contributed by atoms with E-state index in [0.29, 0.717) is 17.9 Å². The molecule has 1 aromatic heterocycles. The molecule has 0 aliphatic heterocycles. The highest BCUT2D eigenvalue weighted by molar-refractivity contribution is 7.11. The number of carbonyl (C=O) groups is 2. The topological polar surface area (TPSA) is 43.4 Å². The van der Waals surface area contributed by atoms with Crippen molar-refractivity contribution in [2.75, 3.05) is 0 Å². The summed E-state index contributed by atoms with van der Waals surface area (Å²) in [5.41, 5.74) is 1.86. The van der Waals surface area contributed by atoms with Gasteiger partial charge in [0, 0.05) is 6.42 Å². The van der Waals surface area contributed by atoms with Gasteiger partial charge in [-0.1, -0.05) is 24.3 Å². The fraction of sp³-hybridized carbons (Fsp3) is 0.200. The molecule has 0 saturated carbocycles. The molecule has 1 atom stereocenters. The Balaban J connectivity index is 1.91. The van der Waals surface area contributed by atoms with Gasteiger partial charge in [-0.05, 0) is 35.1 Å². The number of fused-ring (bicyclic) bond motifs is 1. The molecule has 0 spiro atoms. The van der Waals surface area contributed by atoms with Crippen molar-refractivity contribution in [3.05, 3.63) is 52.9 Å². The van der Waals surface area contributed by atoms with Crippen LogP contribution in [-0.4, -0.2) is 11.8 Å². The average molecular weight is 272 g/mol. The van der Waals surface area contributed by atoms with Gasteiger partial charge in [0.2, 0.25) is 0 Å². The van der Waals surface area contributed by atoms with Gasteiger partial charge in [-0.25, -0.2) is 0 Å². The third-order valence-corrected chi connectivity index (χ3v) is 4.01. The third-order valence-electron chi connectivity index (χ3n) is 3.26. The van der Waals surface area contributed by atoms with Gasteiger partial charge in [0.15, 0.2) is 10.8 Å². The molecule has 0 radical (unpaired) electrons. The number of thiophene rings is 1. The number of aryl methyl sites for hydroxylation is 1. The van der Waals surface area contributed by atoms with Gasteiger partial charge in [-0.15, -0.1) is 11.3 Å². The van der Waals surface area contributed by atoms with Crippen molar-refractivity contribution in [1.82, 2.24) is 0 Å². The van der Waals surface area contributed by atoms with Gasteiger partial charge in [0.1, 0.15) is 5.92 Å². The first-order valence-electron chi connectivity index (χ1n) is 6.11. The molecule has 0 fully saturated rings. The van der Waals surface area contributed by atoms with E-state index in [1.165, 1.54) is 11.3 Å². The Morgan fingerprint density at radius 2 is 2.00 bits per heavy atom. The van der Waals surface area contributed by atoms with Crippen LogP contribution < -0.4 is 4.74 Å². The van der Waals surface area contributed by atoms with E-state index in [0.717, 1.165) is 11.1 Å². The second kappa shape index (κ2) is 4.97. The van der Waals surface area contributed by atoms with Crippen LogP contribution in [0.2, 0.25) is 0 Å². The lowest BCUT2D eigenvalue weighted by atomic mass is 9.82. The molecule has 0 saturated heterocycles. The summed E-state index contributed by atoms with van der Waals surface area (Å²) in [4.78, 5) is 24.2. The first-order chi connectivity index (χ1) is 9.25. The summed E-state index contributed by atoms with van der Waals surface area (Å²) in [6.07, 6.45) is 1.11. The number of esters is 1. The van der Waals surface area contributed by atoms with Crippen molar-refractivity contribution in [2.45, 2.75) is 18.8 Å². The number of ketones is 1. The van der Waals surface area contributed by atoms with Crippen LogP contribution in [-0.2, 0) is 16.0 Å². The van der Waals surface area contributed by atoms with Crippen LogP contribution in [0.4, 0.5) is 0 Å². The normalized spacial score (nSPS) is 17.9. The second-order valence-corrected chi connectivity index (χ2v) is 5.36. The van der Waals surface area contributed by atoms with Crippen molar-refractivity contribution in [3.8, 4) is 5.06 Å². The zero-order chi connectivity index (χ0) is 13.2. The summed E-state index contributed by atoms with van der Waals surface area (Å²) in [6.45, 7) is 0. The summed E-state index contributed by atoms with van der Waals surface area (Å²) < 4.78 is 5.28. The van der Waals surface area contributed by atoms with Gasteiger partial charge < -0.3 is 4.74 Å². The van der Waals surface area contributed by atoms with Crippen molar-refractivity contribution in [2.24, 2.45) is 0 Å². The highest BCUT2D eigenvalue weighted by Crippen LogP contribution is 2.31. The lowest BCUT2D eigenvalue weighted by molar-refractivity contribution is -0.140. The molecule has 3 rings (SSSR count). The van der Waals surface area contributed by atoms with Crippen molar-refractivity contribution in [3.63, 3.8) is 0 Å². The molecule has 19 heavy (non-hydrogen) atoms. The largest absolute Gasteiger partial charge is 0.415 e. The number of ether oxygens (including phenoxy) is 1. The third kappa shape index (κ3) is 2.31. The summed E-state index contributed by atoms with van der Waals surface area (Å²) in [7, 11) is 0. The van der Waals surface area contributed by atoms with E-state index in [1.807, 2.05) is 35.7 Å². The predicted molar refractivity (Wildman–Crippen MR) is 72.5 cm³/mol. The van der Waals surface area contributed by atoms with Gasteiger partial charge in [-0.3, -0.25) is 9.59 Å². The quantitative estimate of drug-likeness (QED) is 0.623. The SMILES string of the molecule is O=C1CCc2ccccc2C1C(=O)Oc1cccs1. The molecule has 0 amide bonds. The molecule has 3 nitrogen and oxygen atoms in total. The molecule has 4 heteroatoms. The molecule has 0 bridgehead atoms. The Labute approximate surface area is 114 Å². The minimum Gasteiger partial charge on any atom is -0.415 e. The zero-order valence-electron chi connectivity index (χ0n) is 10.2. The summed E-state index contributed by atoms with van der Waals surface area (Å²) >= 11 is 1.34. The van der Waals surface area contributed by atoms with Gasteiger partial charge >= 0.3 is 5.97 Å². The van der Waals surface area contributed by atoms with E-state index < -0.39 is 11.9 Å². The molecule has 1 aliphatic carbocycles. The molecular formula is C15H12O3S. The van der Waals surface area contributed by atoms with Crippen molar-refractivity contribution < 1.29 is 14.3 Å². The lowest BCUT2D eigenvalue weighted by Gasteiger charge is -2.22. The Hall–Kier alpha value is -1.94. The van der Waals surface area contributed by atoms with Crippen LogP contribution in [0, 0.1) is 0 Å². The molecule has 96 valence electrons. The minimum absolute atomic E-state index is 0.0553. The number of carbonyl (C=O) groups excluding carboxylic acids is 2. The number of hydrogen-bond donors (Lipinski definition) is 0. The second-order valence-electron chi connectivity index (χ2n) is 4.45. The smallest absolute Gasteiger partial charge is 0.327 e. The van der Waals surface area contributed by atoms with Gasteiger partial charge in [-0.2, -0.15) is 0 Å². The molecule has 1 unspecified atom stereocenters. The zero-order valence-corrected chi connectivity index (χ0v) is 11.0. The maximum Gasteiger partial charge on any atom is 0.327 e. The summed E-state index contributed by atoms with van der Waals surface area (Å²) in [5.74, 6) is -1.30. The van der Waals surface area contributed by atoms with Crippen LogP contribution in [0.3, 0.4) is 0 Å². The average Bonchev–Trinajstić information content (AvgIpc) is 2.91. The fourth-order valence-electron chi connectivity index (χ4n) is 2.36. The highest BCUT2D eigenvalue weighted by Gasteiger charge is 2.34. The van der Waals surface area contributed by atoms with E-state index in [1.54, 1.807) is 6.07 Å². The number of hydrogen-bond acceptors (Lipinski definition) is 4. The van der Waals surface area contributed by atoms with E-state index in [-0.39, 0.29) is 5.78 Å². The Bertz CT molecular complexity index is 616. The minimum atomic E-state index is -0.771. The number of benzene rings is 1. The van der Waals surface area contributed by atoms with Crippen molar-refractivity contribution in [1.29, 1.82) is 0 Å². The van der Waals surface area contributed by atoms with E-state index in [2.05, 4.69) is 0 Å². The summed E-state index contributed by atoms with van der Waals surface area (Å²) in [6, 6.07) is 11.1. The monoisotopic (exact) mass is 272 g/mol. The Kier molecular flexibility index (Phi) is 3.17. The van der Waals surface area contributed by atoms with Crippen molar-refractivity contribution >= 4 is 23.1 Å². The van der Waals surface area contributed by atoms with Crippen LogP contribution in [0.15, 0.2) is 41.8 Å². The van der Waals surface area contributed by atoms with Gasteiger partial charge in [0.25, 0.3) is 0 Å². The van der Waals surface area contributed by atoms with Crippen LogP contribution in [0.5, 0.6) is 5.06 Å². The Morgan fingerprint density at radius 3 is 2.79 bits per heavy atom.